The fraction of sp³-hybridized carbons (Fsp3) is 1.00. The molecular formula is C11H20O2. The van der Waals surface area contributed by atoms with Crippen molar-refractivity contribution in [3.05, 3.63) is 0 Å². The highest BCUT2D eigenvalue weighted by Crippen LogP contribution is 2.42. The average Bonchev–Trinajstić information content (AvgIpc) is 2.26. The van der Waals surface area contributed by atoms with Gasteiger partial charge < -0.3 is 9.47 Å². The molecule has 2 nitrogen and oxygen atoms in total. The summed E-state index contributed by atoms with van der Waals surface area (Å²) in [5, 5.41) is 0. The molecule has 0 aromatic carbocycles. The summed E-state index contributed by atoms with van der Waals surface area (Å²) in [6.45, 7) is 6.56. The zero-order valence-electron chi connectivity index (χ0n) is 8.88. The normalized spacial score (nSPS) is 51.5. The van der Waals surface area contributed by atoms with Gasteiger partial charge in [-0.25, -0.2) is 0 Å². The fourth-order valence-corrected chi connectivity index (χ4v) is 2.54. The largest absolute Gasteiger partial charge is 0.347 e. The second-order valence-corrected chi connectivity index (χ2v) is 4.74. The van der Waals surface area contributed by atoms with Crippen molar-refractivity contribution in [3.8, 4) is 0 Å². The number of ether oxygens (including phenoxy) is 2. The Morgan fingerprint density at radius 1 is 1.15 bits per heavy atom. The van der Waals surface area contributed by atoms with E-state index in [2.05, 4.69) is 20.8 Å². The zero-order chi connectivity index (χ0) is 9.47. The Balaban J connectivity index is 2.04. The minimum atomic E-state index is -0.212. The van der Waals surface area contributed by atoms with Crippen LogP contribution in [0.4, 0.5) is 0 Å². The lowest BCUT2D eigenvalue weighted by molar-refractivity contribution is -0.264. The smallest absolute Gasteiger partial charge is 0.169 e. The lowest BCUT2D eigenvalue weighted by Crippen LogP contribution is -2.39. The maximum atomic E-state index is 5.95. The van der Waals surface area contributed by atoms with Gasteiger partial charge in [-0.1, -0.05) is 6.92 Å². The molecule has 0 N–H and O–H groups in total. The molecule has 1 spiro atoms. The van der Waals surface area contributed by atoms with Gasteiger partial charge in [-0.05, 0) is 32.6 Å². The van der Waals surface area contributed by atoms with Crippen molar-refractivity contribution >= 4 is 0 Å². The molecule has 2 heterocycles. The van der Waals surface area contributed by atoms with Gasteiger partial charge >= 0.3 is 0 Å². The lowest BCUT2D eigenvalue weighted by atomic mass is 9.94. The highest BCUT2D eigenvalue weighted by Gasteiger charge is 2.45. The Labute approximate surface area is 80.6 Å². The molecule has 76 valence electrons. The highest BCUT2D eigenvalue weighted by molar-refractivity contribution is 4.87. The second-order valence-electron chi connectivity index (χ2n) is 4.74. The van der Waals surface area contributed by atoms with Crippen molar-refractivity contribution in [1.82, 2.24) is 0 Å². The van der Waals surface area contributed by atoms with Crippen LogP contribution in [0.15, 0.2) is 0 Å². The third-order valence-electron chi connectivity index (χ3n) is 3.42. The van der Waals surface area contributed by atoms with Crippen LogP contribution in [0.25, 0.3) is 0 Å². The third-order valence-corrected chi connectivity index (χ3v) is 3.42. The van der Waals surface area contributed by atoms with E-state index in [9.17, 15) is 0 Å². The topological polar surface area (TPSA) is 18.5 Å². The molecule has 4 atom stereocenters. The van der Waals surface area contributed by atoms with E-state index in [1.54, 1.807) is 0 Å². The Morgan fingerprint density at radius 2 is 1.92 bits per heavy atom. The van der Waals surface area contributed by atoms with Crippen LogP contribution in [-0.2, 0) is 9.47 Å². The molecule has 2 aliphatic rings. The Morgan fingerprint density at radius 3 is 2.46 bits per heavy atom. The minimum Gasteiger partial charge on any atom is -0.347 e. The molecule has 0 aromatic rings. The summed E-state index contributed by atoms with van der Waals surface area (Å²) in [5.41, 5.74) is 0. The minimum absolute atomic E-state index is 0.212. The summed E-state index contributed by atoms with van der Waals surface area (Å²) in [5.74, 6) is 0.432. The molecule has 0 bridgehead atoms. The Kier molecular flexibility index (Phi) is 2.37. The summed E-state index contributed by atoms with van der Waals surface area (Å²) in [6.07, 6.45) is 5.36. The SMILES string of the molecule is C[C@@H]1CCC[C@]2(C[C@H](C)[C@H](C)O2)O1. The summed E-state index contributed by atoms with van der Waals surface area (Å²) in [7, 11) is 0. The Bertz CT molecular complexity index is 175. The number of hydrogen-bond donors (Lipinski definition) is 0. The van der Waals surface area contributed by atoms with Crippen molar-refractivity contribution < 1.29 is 9.47 Å². The predicted molar refractivity (Wildman–Crippen MR) is 51.5 cm³/mol. The van der Waals surface area contributed by atoms with Crippen LogP contribution in [0.3, 0.4) is 0 Å². The van der Waals surface area contributed by atoms with Crippen molar-refractivity contribution in [3.63, 3.8) is 0 Å². The first-order chi connectivity index (χ1) is 6.11. The van der Waals surface area contributed by atoms with Crippen molar-refractivity contribution in [2.24, 2.45) is 5.92 Å². The molecule has 0 aliphatic carbocycles. The number of hydrogen-bond acceptors (Lipinski definition) is 2. The molecular weight excluding hydrogens is 164 g/mol. The molecule has 0 radical (unpaired) electrons. The molecule has 0 saturated carbocycles. The van der Waals surface area contributed by atoms with Crippen LogP contribution in [0.1, 0.15) is 46.5 Å². The lowest BCUT2D eigenvalue weighted by Gasteiger charge is -2.36. The molecule has 2 rings (SSSR count). The standard InChI is InChI=1S/C11H20O2/c1-8-7-11(13-10(8)3)6-4-5-9(2)12-11/h8-10H,4-7H2,1-3H3/t8-,9+,10-,11-/m0/s1. The van der Waals surface area contributed by atoms with Crippen LogP contribution in [0.5, 0.6) is 0 Å². The quantitative estimate of drug-likeness (QED) is 0.576. The fourth-order valence-electron chi connectivity index (χ4n) is 2.54. The molecule has 0 amide bonds. The van der Waals surface area contributed by atoms with Gasteiger partial charge in [0, 0.05) is 12.8 Å². The summed E-state index contributed by atoms with van der Waals surface area (Å²) in [6, 6.07) is 0. The van der Waals surface area contributed by atoms with Crippen molar-refractivity contribution in [1.29, 1.82) is 0 Å². The van der Waals surface area contributed by atoms with Crippen LogP contribution >= 0.6 is 0 Å². The van der Waals surface area contributed by atoms with E-state index in [0.717, 1.165) is 12.8 Å². The van der Waals surface area contributed by atoms with Gasteiger partial charge in [-0.15, -0.1) is 0 Å². The van der Waals surface area contributed by atoms with E-state index in [1.807, 2.05) is 0 Å². The average molecular weight is 184 g/mol. The molecule has 2 aliphatic heterocycles. The van der Waals surface area contributed by atoms with Crippen LogP contribution in [0, 0.1) is 5.92 Å². The summed E-state index contributed by atoms with van der Waals surface area (Å²) in [4.78, 5) is 0. The van der Waals surface area contributed by atoms with Crippen LogP contribution in [-0.4, -0.2) is 18.0 Å². The maximum absolute atomic E-state index is 5.95. The van der Waals surface area contributed by atoms with Crippen molar-refractivity contribution in [2.75, 3.05) is 0 Å². The van der Waals surface area contributed by atoms with E-state index >= 15 is 0 Å². The van der Waals surface area contributed by atoms with Gasteiger partial charge in [0.05, 0.1) is 12.2 Å². The van der Waals surface area contributed by atoms with Gasteiger partial charge in [-0.2, -0.15) is 0 Å². The van der Waals surface area contributed by atoms with E-state index < -0.39 is 0 Å². The third kappa shape index (κ3) is 1.75. The van der Waals surface area contributed by atoms with Gasteiger partial charge in [0.15, 0.2) is 5.79 Å². The van der Waals surface area contributed by atoms with Crippen LogP contribution < -0.4 is 0 Å². The van der Waals surface area contributed by atoms with Gasteiger partial charge in [-0.3, -0.25) is 0 Å². The monoisotopic (exact) mass is 184 g/mol. The van der Waals surface area contributed by atoms with Gasteiger partial charge in [0.1, 0.15) is 0 Å². The zero-order valence-corrected chi connectivity index (χ0v) is 8.88. The first-order valence-corrected chi connectivity index (χ1v) is 5.47. The first-order valence-electron chi connectivity index (χ1n) is 5.47. The summed E-state index contributed by atoms with van der Waals surface area (Å²) < 4.78 is 11.9. The molecule has 2 heteroatoms. The first kappa shape index (κ1) is 9.47. The summed E-state index contributed by atoms with van der Waals surface area (Å²) >= 11 is 0. The molecule has 2 fully saturated rings. The van der Waals surface area contributed by atoms with E-state index in [4.69, 9.17) is 9.47 Å². The predicted octanol–water partition coefficient (Wildman–Crippen LogP) is 2.72. The van der Waals surface area contributed by atoms with Gasteiger partial charge in [0.2, 0.25) is 0 Å². The van der Waals surface area contributed by atoms with Crippen molar-refractivity contribution in [2.45, 2.75) is 64.4 Å². The Hall–Kier alpha value is -0.0800. The van der Waals surface area contributed by atoms with E-state index in [0.29, 0.717) is 18.1 Å². The molecule has 0 unspecified atom stereocenters. The second kappa shape index (κ2) is 3.25. The highest BCUT2D eigenvalue weighted by atomic mass is 16.7. The van der Waals surface area contributed by atoms with Crippen LogP contribution in [0.2, 0.25) is 0 Å². The molecule has 2 saturated heterocycles. The van der Waals surface area contributed by atoms with Gasteiger partial charge in [0.25, 0.3) is 0 Å². The maximum Gasteiger partial charge on any atom is 0.169 e. The van der Waals surface area contributed by atoms with E-state index in [1.165, 1.54) is 12.8 Å². The molecule has 13 heavy (non-hydrogen) atoms. The number of rotatable bonds is 0. The molecule has 0 aromatic heterocycles. The van der Waals surface area contributed by atoms with E-state index in [-0.39, 0.29) is 5.79 Å².